The van der Waals surface area contributed by atoms with Crippen LogP contribution in [-0.4, -0.2) is 51.0 Å². The standard InChI is InChI=1S/C27H30FN3O4S/c1-20-9-7-8-12-24(20)31(36(3,34)35)19-26(32)30(18-22-13-15-23(28)16-14-22)25(27(33)29-2)17-21-10-5-4-6-11-21/h4-16,25H,17-19H2,1-3H3,(H,29,33). The van der Waals surface area contributed by atoms with Crippen molar-refractivity contribution in [1.29, 1.82) is 0 Å². The van der Waals surface area contributed by atoms with Crippen molar-refractivity contribution in [2.24, 2.45) is 0 Å². The molecule has 0 aromatic heterocycles. The first-order chi connectivity index (χ1) is 17.1. The first kappa shape index (κ1) is 26.9. The van der Waals surface area contributed by atoms with E-state index in [-0.39, 0.29) is 13.0 Å². The van der Waals surface area contributed by atoms with Gasteiger partial charge in [0.2, 0.25) is 21.8 Å². The van der Waals surface area contributed by atoms with Crippen molar-refractivity contribution < 1.29 is 22.4 Å². The molecule has 0 radical (unpaired) electrons. The number of hydrogen-bond donors (Lipinski definition) is 1. The van der Waals surface area contributed by atoms with Gasteiger partial charge in [-0.05, 0) is 41.8 Å². The molecule has 0 fully saturated rings. The quantitative estimate of drug-likeness (QED) is 0.453. The Morgan fingerprint density at radius 1 is 0.917 bits per heavy atom. The molecule has 0 heterocycles. The van der Waals surface area contributed by atoms with Gasteiger partial charge in [0.25, 0.3) is 0 Å². The third kappa shape index (κ3) is 6.91. The van der Waals surface area contributed by atoms with E-state index in [0.29, 0.717) is 16.8 Å². The van der Waals surface area contributed by atoms with Crippen LogP contribution in [0.4, 0.5) is 10.1 Å². The zero-order valence-corrected chi connectivity index (χ0v) is 21.3. The molecular formula is C27H30FN3O4S. The van der Waals surface area contributed by atoms with Gasteiger partial charge in [-0.3, -0.25) is 13.9 Å². The summed E-state index contributed by atoms with van der Waals surface area (Å²) in [6.45, 7) is 1.26. The van der Waals surface area contributed by atoms with Crippen molar-refractivity contribution >= 4 is 27.5 Å². The number of anilines is 1. The number of sulfonamides is 1. The summed E-state index contributed by atoms with van der Waals surface area (Å²) >= 11 is 0. The summed E-state index contributed by atoms with van der Waals surface area (Å²) in [5, 5.41) is 2.62. The maximum Gasteiger partial charge on any atom is 0.244 e. The van der Waals surface area contributed by atoms with Crippen LogP contribution in [0.15, 0.2) is 78.9 Å². The average molecular weight is 512 g/mol. The Labute approximate surface area is 211 Å². The second kappa shape index (κ2) is 11.8. The topological polar surface area (TPSA) is 86.8 Å². The van der Waals surface area contributed by atoms with Crippen LogP contribution in [0.25, 0.3) is 0 Å². The molecule has 0 saturated carbocycles. The van der Waals surface area contributed by atoms with Gasteiger partial charge in [-0.1, -0.05) is 60.7 Å². The van der Waals surface area contributed by atoms with Crippen LogP contribution in [0.3, 0.4) is 0 Å². The lowest BCUT2D eigenvalue weighted by Crippen LogP contribution is -2.53. The molecule has 1 N–H and O–H groups in total. The Balaban J connectivity index is 2.03. The highest BCUT2D eigenvalue weighted by molar-refractivity contribution is 7.92. The highest BCUT2D eigenvalue weighted by atomic mass is 32.2. The van der Waals surface area contributed by atoms with Crippen LogP contribution in [-0.2, 0) is 32.6 Å². The number of amides is 2. The van der Waals surface area contributed by atoms with Crippen molar-refractivity contribution in [1.82, 2.24) is 10.2 Å². The molecule has 0 aliphatic heterocycles. The van der Waals surface area contributed by atoms with Crippen LogP contribution < -0.4 is 9.62 Å². The molecule has 3 aromatic carbocycles. The number of nitrogens with zero attached hydrogens (tertiary/aromatic N) is 2. The molecule has 1 unspecified atom stereocenters. The summed E-state index contributed by atoms with van der Waals surface area (Å²) in [6, 6.07) is 20.8. The van der Waals surface area contributed by atoms with Gasteiger partial charge >= 0.3 is 0 Å². The zero-order chi connectivity index (χ0) is 26.3. The van der Waals surface area contributed by atoms with Gasteiger partial charge in [-0.2, -0.15) is 0 Å². The summed E-state index contributed by atoms with van der Waals surface area (Å²) in [6.07, 6.45) is 1.26. The summed E-state index contributed by atoms with van der Waals surface area (Å²) in [7, 11) is -2.34. The van der Waals surface area contributed by atoms with Crippen LogP contribution in [0.1, 0.15) is 16.7 Å². The summed E-state index contributed by atoms with van der Waals surface area (Å²) in [5.74, 6) is -1.37. The molecule has 7 nitrogen and oxygen atoms in total. The molecule has 3 rings (SSSR count). The molecule has 0 aliphatic carbocycles. The molecule has 0 saturated heterocycles. The number of halogens is 1. The van der Waals surface area contributed by atoms with Crippen molar-refractivity contribution in [3.63, 3.8) is 0 Å². The highest BCUT2D eigenvalue weighted by Crippen LogP contribution is 2.23. The first-order valence-corrected chi connectivity index (χ1v) is 13.3. The molecule has 0 spiro atoms. The largest absolute Gasteiger partial charge is 0.357 e. The van der Waals surface area contributed by atoms with E-state index in [4.69, 9.17) is 0 Å². The number of likely N-dealkylation sites (N-methyl/N-ethyl adjacent to an activating group) is 1. The first-order valence-electron chi connectivity index (χ1n) is 11.4. The fourth-order valence-corrected chi connectivity index (χ4v) is 4.85. The molecular weight excluding hydrogens is 481 g/mol. The minimum absolute atomic E-state index is 0.00456. The van der Waals surface area contributed by atoms with E-state index in [1.165, 1.54) is 36.2 Å². The van der Waals surface area contributed by atoms with Crippen LogP contribution in [0.2, 0.25) is 0 Å². The second-order valence-corrected chi connectivity index (χ2v) is 10.4. The lowest BCUT2D eigenvalue weighted by atomic mass is 10.0. The van der Waals surface area contributed by atoms with Gasteiger partial charge in [-0.15, -0.1) is 0 Å². The van der Waals surface area contributed by atoms with E-state index in [9.17, 15) is 22.4 Å². The predicted molar refractivity (Wildman–Crippen MR) is 138 cm³/mol. The number of para-hydroxylation sites is 1. The molecule has 3 aromatic rings. The van der Waals surface area contributed by atoms with Gasteiger partial charge < -0.3 is 10.2 Å². The number of benzene rings is 3. The van der Waals surface area contributed by atoms with Crippen molar-refractivity contribution in [3.8, 4) is 0 Å². The number of carbonyl (C=O) groups is 2. The Kier molecular flexibility index (Phi) is 8.82. The number of nitrogens with one attached hydrogen (secondary N) is 1. The minimum Gasteiger partial charge on any atom is -0.357 e. The summed E-state index contributed by atoms with van der Waals surface area (Å²) in [5.41, 5.74) is 2.51. The molecule has 0 bridgehead atoms. The fourth-order valence-electron chi connectivity index (χ4n) is 3.95. The molecule has 2 amide bonds. The van der Waals surface area contributed by atoms with Crippen LogP contribution in [0.5, 0.6) is 0 Å². The maximum atomic E-state index is 13.8. The second-order valence-electron chi connectivity index (χ2n) is 8.52. The molecule has 0 aliphatic rings. The predicted octanol–water partition coefficient (Wildman–Crippen LogP) is 3.29. The van der Waals surface area contributed by atoms with Crippen LogP contribution in [0, 0.1) is 12.7 Å². The van der Waals surface area contributed by atoms with Gasteiger partial charge in [-0.25, -0.2) is 12.8 Å². The SMILES string of the molecule is CNC(=O)C(Cc1ccccc1)N(Cc1ccc(F)cc1)C(=O)CN(c1ccccc1C)S(C)(=O)=O. The third-order valence-electron chi connectivity index (χ3n) is 5.85. The molecule has 1 atom stereocenters. The Morgan fingerprint density at radius 3 is 2.11 bits per heavy atom. The third-order valence-corrected chi connectivity index (χ3v) is 6.97. The van der Waals surface area contributed by atoms with E-state index in [1.807, 2.05) is 30.3 Å². The Hall–Kier alpha value is -3.72. The highest BCUT2D eigenvalue weighted by Gasteiger charge is 2.32. The maximum absolute atomic E-state index is 13.8. The molecule has 36 heavy (non-hydrogen) atoms. The fraction of sp³-hybridized carbons (Fsp3) is 0.259. The van der Waals surface area contributed by atoms with Crippen molar-refractivity contribution in [3.05, 3.63) is 101 Å². The molecule has 9 heteroatoms. The summed E-state index contributed by atoms with van der Waals surface area (Å²) < 4.78 is 40.0. The van der Waals surface area contributed by atoms with Crippen LogP contribution >= 0.6 is 0 Å². The smallest absolute Gasteiger partial charge is 0.244 e. The van der Waals surface area contributed by atoms with Crippen molar-refractivity contribution in [2.75, 3.05) is 24.2 Å². The lowest BCUT2D eigenvalue weighted by Gasteiger charge is -2.33. The zero-order valence-electron chi connectivity index (χ0n) is 20.5. The van der Waals surface area contributed by atoms with Gasteiger partial charge in [0.05, 0.1) is 11.9 Å². The van der Waals surface area contributed by atoms with Gasteiger partial charge in [0.15, 0.2) is 0 Å². The summed E-state index contributed by atoms with van der Waals surface area (Å²) in [4.78, 5) is 28.1. The van der Waals surface area contributed by atoms with E-state index in [1.54, 1.807) is 31.2 Å². The number of rotatable bonds is 10. The van der Waals surface area contributed by atoms with E-state index in [2.05, 4.69) is 5.32 Å². The average Bonchev–Trinajstić information content (AvgIpc) is 2.85. The van der Waals surface area contributed by atoms with E-state index >= 15 is 0 Å². The number of aryl methyl sites for hydroxylation is 1. The van der Waals surface area contributed by atoms with Gasteiger partial charge in [0.1, 0.15) is 18.4 Å². The van der Waals surface area contributed by atoms with E-state index in [0.717, 1.165) is 16.1 Å². The minimum atomic E-state index is -3.82. The Morgan fingerprint density at radius 2 is 1.53 bits per heavy atom. The number of carbonyl (C=O) groups excluding carboxylic acids is 2. The van der Waals surface area contributed by atoms with Gasteiger partial charge in [0, 0.05) is 20.0 Å². The van der Waals surface area contributed by atoms with E-state index < -0.39 is 40.2 Å². The number of hydrogen-bond acceptors (Lipinski definition) is 4. The Bertz CT molecular complexity index is 1300. The molecule has 190 valence electrons. The van der Waals surface area contributed by atoms with Crippen molar-refractivity contribution in [2.45, 2.75) is 25.9 Å². The lowest BCUT2D eigenvalue weighted by molar-refractivity contribution is -0.139. The normalized spacial score (nSPS) is 12.0. The monoisotopic (exact) mass is 511 g/mol.